The van der Waals surface area contributed by atoms with Crippen molar-refractivity contribution in [2.45, 2.75) is 51.1 Å². The summed E-state index contributed by atoms with van der Waals surface area (Å²) < 4.78 is 5.30. The molecule has 1 N–H and O–H groups in total. The van der Waals surface area contributed by atoms with Crippen molar-refractivity contribution in [2.24, 2.45) is 5.92 Å². The second-order valence-electron chi connectivity index (χ2n) is 5.87. The molecule has 5 heteroatoms. The Morgan fingerprint density at radius 1 is 1.35 bits per heavy atom. The lowest BCUT2D eigenvalue weighted by Gasteiger charge is -2.28. The quantitative estimate of drug-likeness (QED) is 0.842. The summed E-state index contributed by atoms with van der Waals surface area (Å²) in [5, 5.41) is 12.1. The Kier molecular flexibility index (Phi) is 5.81. The molecule has 0 spiro atoms. The summed E-state index contributed by atoms with van der Waals surface area (Å²) in [7, 11) is 0. The Labute approximate surface area is 121 Å². The maximum atomic E-state index is 12.3. The maximum Gasteiger partial charge on any atom is 0.238 e. The van der Waals surface area contributed by atoms with Gasteiger partial charge in [0.1, 0.15) is 6.04 Å². The normalized spacial score (nSPS) is 27.3. The molecule has 5 nitrogen and oxygen atoms in total. The molecule has 0 aromatic heterocycles. The van der Waals surface area contributed by atoms with Crippen LogP contribution in [0.4, 0.5) is 0 Å². The smallest absolute Gasteiger partial charge is 0.238 e. The summed E-state index contributed by atoms with van der Waals surface area (Å²) in [6, 6.07) is 1.65. The highest BCUT2D eigenvalue weighted by Crippen LogP contribution is 2.17. The topological polar surface area (TPSA) is 65.4 Å². The molecule has 2 aliphatic rings. The zero-order valence-corrected chi connectivity index (χ0v) is 12.3. The molecular weight excluding hydrogens is 254 g/mol. The van der Waals surface area contributed by atoms with Gasteiger partial charge >= 0.3 is 0 Å². The molecule has 0 aromatic carbocycles. The van der Waals surface area contributed by atoms with Crippen LogP contribution in [0.15, 0.2) is 0 Å². The van der Waals surface area contributed by atoms with Crippen LogP contribution in [-0.4, -0.2) is 49.2 Å². The fourth-order valence-corrected chi connectivity index (χ4v) is 2.99. The molecular formula is C15H25N3O2. The average molecular weight is 279 g/mol. The molecule has 0 radical (unpaired) electrons. The highest BCUT2D eigenvalue weighted by atomic mass is 16.5. The number of nitrogens with zero attached hydrogens (tertiary/aromatic N) is 2. The average Bonchev–Trinajstić information content (AvgIpc) is 2.85. The number of amides is 1. The monoisotopic (exact) mass is 279 g/mol. The Balaban J connectivity index is 1.87. The van der Waals surface area contributed by atoms with E-state index in [1.165, 1.54) is 12.8 Å². The molecule has 0 unspecified atom stereocenters. The first-order valence-electron chi connectivity index (χ1n) is 7.74. The predicted octanol–water partition coefficient (Wildman–Crippen LogP) is 1.30. The number of rotatable bonds is 4. The zero-order valence-electron chi connectivity index (χ0n) is 12.3. The first-order valence-corrected chi connectivity index (χ1v) is 7.74. The van der Waals surface area contributed by atoms with Gasteiger partial charge in [0, 0.05) is 12.5 Å². The van der Waals surface area contributed by atoms with E-state index >= 15 is 0 Å². The summed E-state index contributed by atoms with van der Waals surface area (Å²) in [5.74, 6) is 0.116. The fourth-order valence-electron chi connectivity index (χ4n) is 2.99. The molecule has 20 heavy (non-hydrogen) atoms. The minimum absolute atomic E-state index is 0.0228. The van der Waals surface area contributed by atoms with E-state index < -0.39 is 6.04 Å². The largest absolute Gasteiger partial charge is 0.381 e. The van der Waals surface area contributed by atoms with E-state index in [1.807, 2.05) is 6.92 Å². The molecule has 2 heterocycles. The van der Waals surface area contributed by atoms with Gasteiger partial charge in [0.2, 0.25) is 5.91 Å². The summed E-state index contributed by atoms with van der Waals surface area (Å²) >= 11 is 0. The van der Waals surface area contributed by atoms with Gasteiger partial charge in [-0.05, 0) is 39.3 Å². The number of likely N-dealkylation sites (tertiary alicyclic amines) is 1. The van der Waals surface area contributed by atoms with Crippen LogP contribution < -0.4 is 5.32 Å². The Hall–Kier alpha value is -1.12. The summed E-state index contributed by atoms with van der Waals surface area (Å²) in [5.41, 5.74) is 0. The van der Waals surface area contributed by atoms with Crippen molar-refractivity contribution in [1.82, 2.24) is 10.2 Å². The number of carbonyl (C=O) groups is 1. The van der Waals surface area contributed by atoms with E-state index in [1.54, 1.807) is 0 Å². The number of hydrogen-bond donors (Lipinski definition) is 1. The van der Waals surface area contributed by atoms with E-state index in [-0.39, 0.29) is 17.9 Å². The highest BCUT2D eigenvalue weighted by Gasteiger charge is 2.30. The molecule has 0 bridgehead atoms. The van der Waals surface area contributed by atoms with Crippen molar-refractivity contribution in [2.75, 3.05) is 26.3 Å². The summed E-state index contributed by atoms with van der Waals surface area (Å²) in [6.45, 7) is 5.19. The van der Waals surface area contributed by atoms with E-state index in [9.17, 15) is 10.1 Å². The molecule has 112 valence electrons. The van der Waals surface area contributed by atoms with E-state index in [0.717, 1.165) is 32.4 Å². The van der Waals surface area contributed by atoms with Crippen LogP contribution in [0.3, 0.4) is 0 Å². The van der Waals surface area contributed by atoms with Crippen molar-refractivity contribution in [1.29, 1.82) is 5.26 Å². The first-order chi connectivity index (χ1) is 9.72. The van der Waals surface area contributed by atoms with Gasteiger partial charge < -0.3 is 10.1 Å². The summed E-state index contributed by atoms with van der Waals surface area (Å²) in [4.78, 5) is 14.6. The molecule has 0 saturated carbocycles. The standard InChI is InChI=1S/C15H25N3O2/c1-12(18-7-4-2-3-5-8-18)15(19)17-14(10-16)13-6-9-20-11-13/h12-14H,2-9,11H2,1H3,(H,17,19)/t12-,13+,14+/m1/s1. The number of carbonyl (C=O) groups excluding carboxylic acids is 1. The molecule has 1 amide bonds. The molecule has 0 aromatic rings. The minimum atomic E-state index is -0.417. The van der Waals surface area contributed by atoms with E-state index in [4.69, 9.17) is 4.74 Å². The van der Waals surface area contributed by atoms with Crippen molar-refractivity contribution in [3.63, 3.8) is 0 Å². The third kappa shape index (κ3) is 3.94. The number of nitriles is 1. The van der Waals surface area contributed by atoms with Gasteiger partial charge in [0.25, 0.3) is 0 Å². The number of nitrogens with one attached hydrogen (secondary N) is 1. The SMILES string of the molecule is C[C@H](C(=O)N[C@@H](C#N)[C@H]1CCOC1)N1CCCCCC1. The van der Waals surface area contributed by atoms with Crippen LogP contribution in [0.25, 0.3) is 0 Å². The third-order valence-electron chi connectivity index (χ3n) is 4.44. The minimum Gasteiger partial charge on any atom is -0.381 e. The molecule has 2 fully saturated rings. The Bertz CT molecular complexity index is 353. The van der Waals surface area contributed by atoms with Crippen LogP contribution in [0.1, 0.15) is 39.0 Å². The van der Waals surface area contributed by atoms with Gasteiger partial charge in [-0.2, -0.15) is 5.26 Å². The molecule has 2 saturated heterocycles. The van der Waals surface area contributed by atoms with Gasteiger partial charge in [0.15, 0.2) is 0 Å². The molecule has 2 aliphatic heterocycles. The van der Waals surface area contributed by atoms with Crippen LogP contribution >= 0.6 is 0 Å². The molecule has 3 atom stereocenters. The predicted molar refractivity (Wildman–Crippen MR) is 76.0 cm³/mol. The van der Waals surface area contributed by atoms with Crippen LogP contribution in [0.5, 0.6) is 0 Å². The first kappa shape index (κ1) is 15.3. The van der Waals surface area contributed by atoms with Crippen LogP contribution in [0.2, 0.25) is 0 Å². The molecule has 2 rings (SSSR count). The second-order valence-corrected chi connectivity index (χ2v) is 5.87. The van der Waals surface area contributed by atoms with Crippen molar-refractivity contribution in [3.05, 3.63) is 0 Å². The van der Waals surface area contributed by atoms with E-state index in [0.29, 0.717) is 13.2 Å². The van der Waals surface area contributed by atoms with Gasteiger partial charge in [-0.3, -0.25) is 9.69 Å². The van der Waals surface area contributed by atoms with Gasteiger partial charge in [-0.15, -0.1) is 0 Å². The van der Waals surface area contributed by atoms with Crippen LogP contribution in [0, 0.1) is 17.2 Å². The zero-order chi connectivity index (χ0) is 14.4. The second kappa shape index (κ2) is 7.61. The highest BCUT2D eigenvalue weighted by molar-refractivity contribution is 5.81. The number of hydrogen-bond acceptors (Lipinski definition) is 4. The lowest BCUT2D eigenvalue weighted by Crippen LogP contribution is -2.50. The van der Waals surface area contributed by atoms with Crippen LogP contribution in [-0.2, 0) is 9.53 Å². The third-order valence-corrected chi connectivity index (χ3v) is 4.44. The lowest BCUT2D eigenvalue weighted by molar-refractivity contribution is -0.126. The Morgan fingerprint density at radius 3 is 2.60 bits per heavy atom. The van der Waals surface area contributed by atoms with Gasteiger partial charge in [0.05, 0.1) is 18.7 Å². The molecule has 0 aliphatic carbocycles. The maximum absolute atomic E-state index is 12.3. The summed E-state index contributed by atoms with van der Waals surface area (Å²) in [6.07, 6.45) is 5.69. The van der Waals surface area contributed by atoms with Gasteiger partial charge in [-0.25, -0.2) is 0 Å². The Morgan fingerprint density at radius 2 is 2.05 bits per heavy atom. The van der Waals surface area contributed by atoms with Crippen molar-refractivity contribution >= 4 is 5.91 Å². The fraction of sp³-hybridized carbons (Fsp3) is 0.867. The van der Waals surface area contributed by atoms with Crippen molar-refractivity contribution in [3.8, 4) is 6.07 Å². The van der Waals surface area contributed by atoms with Crippen molar-refractivity contribution < 1.29 is 9.53 Å². The number of ether oxygens (including phenoxy) is 1. The van der Waals surface area contributed by atoms with Gasteiger partial charge in [-0.1, -0.05) is 12.8 Å². The lowest BCUT2D eigenvalue weighted by atomic mass is 10.00. The van der Waals surface area contributed by atoms with E-state index in [2.05, 4.69) is 16.3 Å².